The lowest BCUT2D eigenvalue weighted by atomic mass is 10.2. The van der Waals surface area contributed by atoms with Crippen molar-refractivity contribution in [3.8, 4) is 5.88 Å². The molecule has 1 heterocycles. The first-order chi connectivity index (χ1) is 8.13. The van der Waals surface area contributed by atoms with E-state index in [2.05, 4.69) is 24.1 Å². The minimum absolute atomic E-state index is 0.423. The van der Waals surface area contributed by atoms with Crippen molar-refractivity contribution in [2.75, 3.05) is 6.61 Å². The maximum atomic E-state index is 6.07. The first-order valence-electron chi connectivity index (χ1n) is 5.75. The Labute approximate surface area is 108 Å². The van der Waals surface area contributed by atoms with Gasteiger partial charge in [0.25, 0.3) is 0 Å². The Morgan fingerprint density at radius 2 is 2.29 bits per heavy atom. The molecular weight excluding hydrogens is 236 g/mol. The minimum Gasteiger partial charge on any atom is -0.473 e. The summed E-state index contributed by atoms with van der Waals surface area (Å²) in [6.45, 7) is 7.40. The SMILES string of the molecule is C/C=C/COc1cc(CNC(C)C)c(Cl)cn1. The van der Waals surface area contributed by atoms with E-state index in [-0.39, 0.29) is 0 Å². The Bertz CT molecular complexity index is 378. The van der Waals surface area contributed by atoms with Gasteiger partial charge in [-0.05, 0) is 12.5 Å². The molecule has 3 nitrogen and oxygen atoms in total. The van der Waals surface area contributed by atoms with Crippen LogP contribution in [-0.2, 0) is 6.54 Å². The van der Waals surface area contributed by atoms with Crippen molar-refractivity contribution in [1.29, 1.82) is 0 Å². The Morgan fingerprint density at radius 3 is 2.94 bits per heavy atom. The zero-order chi connectivity index (χ0) is 12.7. The molecule has 1 N–H and O–H groups in total. The van der Waals surface area contributed by atoms with Gasteiger partial charge in [0.1, 0.15) is 6.61 Å². The Kier molecular flexibility index (Phi) is 6.01. The van der Waals surface area contributed by atoms with Gasteiger partial charge in [0.2, 0.25) is 5.88 Å². The van der Waals surface area contributed by atoms with Gasteiger partial charge in [-0.2, -0.15) is 0 Å². The van der Waals surface area contributed by atoms with Crippen LogP contribution >= 0.6 is 11.6 Å². The van der Waals surface area contributed by atoms with Gasteiger partial charge >= 0.3 is 0 Å². The van der Waals surface area contributed by atoms with Crippen LogP contribution < -0.4 is 10.1 Å². The van der Waals surface area contributed by atoms with Gasteiger partial charge in [-0.3, -0.25) is 0 Å². The minimum atomic E-state index is 0.423. The first kappa shape index (κ1) is 14.0. The van der Waals surface area contributed by atoms with Crippen LogP contribution in [0, 0.1) is 0 Å². The van der Waals surface area contributed by atoms with E-state index >= 15 is 0 Å². The molecule has 0 saturated carbocycles. The lowest BCUT2D eigenvalue weighted by molar-refractivity contribution is 0.347. The number of halogens is 1. The average Bonchev–Trinajstić information content (AvgIpc) is 2.29. The second-order valence-electron chi connectivity index (χ2n) is 4.03. The summed E-state index contributed by atoms with van der Waals surface area (Å²) in [7, 11) is 0. The van der Waals surface area contributed by atoms with Crippen LogP contribution in [0.3, 0.4) is 0 Å². The van der Waals surface area contributed by atoms with Crippen LogP contribution in [0.4, 0.5) is 0 Å². The van der Waals surface area contributed by atoms with Gasteiger partial charge in [0.05, 0.1) is 5.02 Å². The lowest BCUT2D eigenvalue weighted by Gasteiger charge is -2.10. The van der Waals surface area contributed by atoms with Crippen LogP contribution in [0.2, 0.25) is 5.02 Å². The van der Waals surface area contributed by atoms with Crippen molar-refractivity contribution in [2.24, 2.45) is 0 Å². The zero-order valence-electron chi connectivity index (χ0n) is 10.5. The third-order valence-corrected chi connectivity index (χ3v) is 2.51. The molecule has 4 heteroatoms. The molecular formula is C13H19ClN2O. The number of ether oxygens (including phenoxy) is 1. The largest absolute Gasteiger partial charge is 0.473 e. The molecule has 17 heavy (non-hydrogen) atoms. The van der Waals surface area contributed by atoms with Gasteiger partial charge < -0.3 is 10.1 Å². The van der Waals surface area contributed by atoms with E-state index in [0.29, 0.717) is 23.6 Å². The highest BCUT2D eigenvalue weighted by atomic mass is 35.5. The van der Waals surface area contributed by atoms with E-state index in [0.717, 1.165) is 12.1 Å². The van der Waals surface area contributed by atoms with Crippen molar-refractivity contribution in [2.45, 2.75) is 33.4 Å². The van der Waals surface area contributed by atoms with Crippen LogP contribution in [0.15, 0.2) is 24.4 Å². The van der Waals surface area contributed by atoms with E-state index in [4.69, 9.17) is 16.3 Å². The molecule has 0 atom stereocenters. The summed E-state index contributed by atoms with van der Waals surface area (Å²) in [5.74, 6) is 0.605. The van der Waals surface area contributed by atoms with E-state index in [1.54, 1.807) is 6.20 Å². The molecule has 0 radical (unpaired) electrons. The lowest BCUT2D eigenvalue weighted by Crippen LogP contribution is -2.22. The Hall–Kier alpha value is -1.06. The summed E-state index contributed by atoms with van der Waals surface area (Å²) >= 11 is 6.07. The van der Waals surface area contributed by atoms with Gasteiger partial charge in [0.15, 0.2) is 0 Å². The molecule has 1 aromatic heterocycles. The number of pyridine rings is 1. The van der Waals surface area contributed by atoms with Crippen LogP contribution in [0.25, 0.3) is 0 Å². The molecule has 0 aliphatic heterocycles. The topological polar surface area (TPSA) is 34.1 Å². The fraction of sp³-hybridized carbons (Fsp3) is 0.462. The van der Waals surface area contributed by atoms with E-state index in [1.165, 1.54) is 0 Å². The summed E-state index contributed by atoms with van der Waals surface area (Å²) in [5.41, 5.74) is 1.01. The number of allylic oxidation sites excluding steroid dienone is 1. The third-order valence-electron chi connectivity index (χ3n) is 2.17. The van der Waals surface area contributed by atoms with Crippen molar-refractivity contribution in [3.63, 3.8) is 0 Å². The molecule has 0 amide bonds. The summed E-state index contributed by atoms with van der Waals surface area (Å²) in [6, 6.07) is 2.30. The molecule has 1 rings (SSSR count). The quantitative estimate of drug-likeness (QED) is 0.792. The van der Waals surface area contributed by atoms with Gasteiger partial charge in [-0.15, -0.1) is 0 Å². The fourth-order valence-electron chi connectivity index (χ4n) is 1.22. The predicted molar refractivity (Wildman–Crippen MR) is 71.5 cm³/mol. The second-order valence-corrected chi connectivity index (χ2v) is 4.44. The molecule has 94 valence electrons. The number of hydrogen-bond acceptors (Lipinski definition) is 3. The summed E-state index contributed by atoms with van der Waals surface area (Å²) in [5, 5.41) is 3.98. The number of aromatic nitrogens is 1. The van der Waals surface area contributed by atoms with Crippen molar-refractivity contribution < 1.29 is 4.74 Å². The standard InChI is InChI=1S/C13H19ClN2O/c1-4-5-6-17-13-7-11(8-15-10(2)3)12(14)9-16-13/h4-5,7,9-10,15H,6,8H2,1-3H3/b5-4+. The Balaban J connectivity index is 2.65. The third kappa shape index (κ3) is 5.20. The number of nitrogens with one attached hydrogen (secondary N) is 1. The molecule has 0 fully saturated rings. The van der Waals surface area contributed by atoms with E-state index in [9.17, 15) is 0 Å². The van der Waals surface area contributed by atoms with Crippen LogP contribution in [-0.4, -0.2) is 17.6 Å². The van der Waals surface area contributed by atoms with E-state index in [1.807, 2.05) is 25.1 Å². The summed E-state index contributed by atoms with van der Waals surface area (Å²) < 4.78 is 5.46. The van der Waals surface area contributed by atoms with Crippen LogP contribution in [0.5, 0.6) is 5.88 Å². The number of hydrogen-bond donors (Lipinski definition) is 1. The predicted octanol–water partition coefficient (Wildman–Crippen LogP) is 3.19. The normalized spacial score (nSPS) is 11.4. The van der Waals surface area contributed by atoms with Gasteiger partial charge in [-0.1, -0.05) is 37.6 Å². The second kappa shape index (κ2) is 7.30. The molecule has 0 aliphatic rings. The van der Waals surface area contributed by atoms with Gasteiger partial charge in [0, 0.05) is 24.8 Å². The first-order valence-corrected chi connectivity index (χ1v) is 6.13. The highest BCUT2D eigenvalue weighted by Gasteiger charge is 2.04. The molecule has 0 unspecified atom stereocenters. The highest BCUT2D eigenvalue weighted by molar-refractivity contribution is 6.31. The monoisotopic (exact) mass is 254 g/mol. The molecule has 0 aliphatic carbocycles. The molecule has 0 bridgehead atoms. The molecule has 1 aromatic rings. The summed E-state index contributed by atoms with van der Waals surface area (Å²) in [4.78, 5) is 4.12. The van der Waals surface area contributed by atoms with Crippen molar-refractivity contribution >= 4 is 11.6 Å². The number of nitrogens with zero attached hydrogens (tertiary/aromatic N) is 1. The molecule has 0 saturated heterocycles. The van der Waals surface area contributed by atoms with Crippen molar-refractivity contribution in [3.05, 3.63) is 35.0 Å². The maximum Gasteiger partial charge on any atom is 0.213 e. The summed E-state index contributed by atoms with van der Waals surface area (Å²) in [6.07, 6.45) is 5.50. The molecule has 0 aromatic carbocycles. The van der Waals surface area contributed by atoms with Crippen molar-refractivity contribution in [1.82, 2.24) is 10.3 Å². The average molecular weight is 255 g/mol. The zero-order valence-corrected chi connectivity index (χ0v) is 11.3. The van der Waals surface area contributed by atoms with Crippen LogP contribution in [0.1, 0.15) is 26.3 Å². The van der Waals surface area contributed by atoms with E-state index < -0.39 is 0 Å². The smallest absolute Gasteiger partial charge is 0.213 e. The molecule has 0 spiro atoms. The Morgan fingerprint density at radius 1 is 1.53 bits per heavy atom. The van der Waals surface area contributed by atoms with Gasteiger partial charge in [-0.25, -0.2) is 4.98 Å². The maximum absolute atomic E-state index is 6.07. The highest BCUT2D eigenvalue weighted by Crippen LogP contribution is 2.19. The fourth-order valence-corrected chi connectivity index (χ4v) is 1.39. The number of rotatable bonds is 6.